The number of nitrogens with one attached hydrogen (secondary N) is 1. The lowest BCUT2D eigenvalue weighted by Crippen LogP contribution is -2.01. The zero-order valence-electron chi connectivity index (χ0n) is 11.1. The van der Waals surface area contributed by atoms with Crippen molar-refractivity contribution in [1.82, 2.24) is 9.97 Å². The molecule has 1 heterocycles. The molecule has 2 aromatic carbocycles. The summed E-state index contributed by atoms with van der Waals surface area (Å²) in [4.78, 5) is 8.62. The molecule has 0 unspecified atom stereocenters. The molecule has 4 nitrogen and oxygen atoms in total. The van der Waals surface area contributed by atoms with Crippen LogP contribution in [0.3, 0.4) is 0 Å². The van der Waals surface area contributed by atoms with E-state index in [1.54, 1.807) is 18.2 Å². The molecule has 104 valence electrons. The Bertz CT molecular complexity index is 759. The lowest BCUT2D eigenvalue weighted by Gasteiger charge is -2.08. The van der Waals surface area contributed by atoms with E-state index in [9.17, 15) is 4.39 Å². The summed E-state index contributed by atoms with van der Waals surface area (Å²) in [6.07, 6.45) is 0. The Morgan fingerprint density at radius 3 is 2.48 bits per heavy atom. The molecule has 1 aromatic heterocycles. The fourth-order valence-electron chi connectivity index (χ4n) is 1.96. The van der Waals surface area contributed by atoms with Crippen LogP contribution in [0.1, 0.15) is 0 Å². The molecule has 0 aliphatic heterocycles. The first kappa shape index (κ1) is 13.1. The molecule has 0 aliphatic carbocycles. The quantitative estimate of drug-likeness (QED) is 0.769. The van der Waals surface area contributed by atoms with E-state index in [1.807, 2.05) is 30.3 Å². The Labute approximate surface area is 121 Å². The molecule has 0 saturated carbocycles. The Morgan fingerprint density at radius 2 is 1.71 bits per heavy atom. The maximum absolute atomic E-state index is 13.2. The van der Waals surface area contributed by atoms with Gasteiger partial charge in [0, 0.05) is 17.3 Å². The first-order valence-electron chi connectivity index (χ1n) is 6.43. The Morgan fingerprint density at radius 1 is 0.905 bits per heavy atom. The molecule has 0 radical (unpaired) electrons. The molecule has 0 aliphatic rings. The molecule has 0 amide bonds. The normalized spacial score (nSPS) is 10.3. The number of hydrogen-bond acceptors (Lipinski definition) is 4. The van der Waals surface area contributed by atoms with Gasteiger partial charge in [-0.1, -0.05) is 36.4 Å². The zero-order chi connectivity index (χ0) is 14.7. The van der Waals surface area contributed by atoms with Gasteiger partial charge in [0.2, 0.25) is 0 Å². The van der Waals surface area contributed by atoms with Crippen LogP contribution in [-0.4, -0.2) is 9.97 Å². The van der Waals surface area contributed by atoms with E-state index in [-0.39, 0.29) is 5.82 Å². The second-order valence-corrected chi connectivity index (χ2v) is 4.50. The maximum Gasteiger partial charge on any atom is 0.163 e. The second-order valence-electron chi connectivity index (χ2n) is 4.50. The molecular weight excluding hydrogens is 267 g/mol. The van der Waals surface area contributed by atoms with Crippen molar-refractivity contribution >= 4 is 17.3 Å². The molecule has 0 atom stereocenters. The molecule has 0 fully saturated rings. The van der Waals surface area contributed by atoms with E-state index in [0.717, 1.165) is 5.56 Å². The molecule has 3 aromatic rings. The number of rotatable bonds is 3. The van der Waals surface area contributed by atoms with Crippen LogP contribution in [0.25, 0.3) is 11.4 Å². The number of anilines is 3. The van der Waals surface area contributed by atoms with Crippen LogP contribution in [0, 0.1) is 5.82 Å². The van der Waals surface area contributed by atoms with E-state index in [1.165, 1.54) is 12.1 Å². The third kappa shape index (κ3) is 3.14. The first-order valence-corrected chi connectivity index (χ1v) is 6.43. The zero-order valence-corrected chi connectivity index (χ0v) is 11.1. The molecule has 3 rings (SSSR count). The fourth-order valence-corrected chi connectivity index (χ4v) is 1.96. The van der Waals surface area contributed by atoms with Crippen LogP contribution < -0.4 is 11.1 Å². The highest BCUT2D eigenvalue weighted by Crippen LogP contribution is 2.21. The fraction of sp³-hybridized carbons (Fsp3) is 0. The van der Waals surface area contributed by atoms with Gasteiger partial charge < -0.3 is 11.1 Å². The lowest BCUT2D eigenvalue weighted by atomic mass is 10.2. The van der Waals surface area contributed by atoms with Gasteiger partial charge in [-0.25, -0.2) is 14.4 Å². The van der Waals surface area contributed by atoms with Gasteiger partial charge in [-0.15, -0.1) is 0 Å². The molecular formula is C16H13FN4. The van der Waals surface area contributed by atoms with Crippen LogP contribution in [0.4, 0.5) is 21.7 Å². The van der Waals surface area contributed by atoms with Gasteiger partial charge >= 0.3 is 0 Å². The molecule has 3 N–H and O–H groups in total. The molecule has 0 spiro atoms. The van der Waals surface area contributed by atoms with Crippen molar-refractivity contribution in [2.75, 3.05) is 11.1 Å². The molecule has 21 heavy (non-hydrogen) atoms. The minimum absolute atomic E-state index is 0.315. The van der Waals surface area contributed by atoms with E-state index >= 15 is 0 Å². The standard InChI is InChI=1S/C16H13FN4/c17-12-7-4-8-13(9-12)19-15-10-14(18)20-16(21-15)11-5-2-1-3-6-11/h1-10H,(H3,18,19,20,21). The number of hydrogen-bond donors (Lipinski definition) is 2. The van der Waals surface area contributed by atoms with Gasteiger partial charge in [0.05, 0.1) is 0 Å². The van der Waals surface area contributed by atoms with Crippen molar-refractivity contribution in [2.24, 2.45) is 0 Å². The van der Waals surface area contributed by atoms with Gasteiger partial charge in [0.25, 0.3) is 0 Å². The highest BCUT2D eigenvalue weighted by atomic mass is 19.1. The molecule has 5 heteroatoms. The van der Waals surface area contributed by atoms with E-state index < -0.39 is 0 Å². The van der Waals surface area contributed by atoms with Crippen molar-refractivity contribution in [3.8, 4) is 11.4 Å². The third-order valence-corrected chi connectivity index (χ3v) is 2.87. The smallest absolute Gasteiger partial charge is 0.163 e. The maximum atomic E-state index is 13.2. The number of nitrogen functional groups attached to an aromatic ring is 1. The largest absolute Gasteiger partial charge is 0.384 e. The predicted molar refractivity (Wildman–Crippen MR) is 81.6 cm³/mol. The predicted octanol–water partition coefficient (Wildman–Crippen LogP) is 3.61. The van der Waals surface area contributed by atoms with Gasteiger partial charge in [-0.2, -0.15) is 0 Å². The summed E-state index contributed by atoms with van der Waals surface area (Å²) < 4.78 is 13.2. The number of aromatic nitrogens is 2. The Balaban J connectivity index is 1.95. The van der Waals surface area contributed by atoms with Gasteiger partial charge in [-0.3, -0.25) is 0 Å². The Hall–Kier alpha value is -2.95. The van der Waals surface area contributed by atoms with Crippen LogP contribution >= 0.6 is 0 Å². The summed E-state index contributed by atoms with van der Waals surface area (Å²) in [5.41, 5.74) is 7.29. The molecule has 0 bridgehead atoms. The van der Waals surface area contributed by atoms with Crippen LogP contribution in [0.2, 0.25) is 0 Å². The van der Waals surface area contributed by atoms with Crippen molar-refractivity contribution in [2.45, 2.75) is 0 Å². The van der Waals surface area contributed by atoms with Crippen molar-refractivity contribution in [3.63, 3.8) is 0 Å². The minimum atomic E-state index is -0.315. The second kappa shape index (κ2) is 5.58. The number of nitrogens with zero attached hydrogens (tertiary/aromatic N) is 2. The van der Waals surface area contributed by atoms with Crippen LogP contribution in [0.5, 0.6) is 0 Å². The summed E-state index contributed by atoms with van der Waals surface area (Å²) in [7, 11) is 0. The highest BCUT2D eigenvalue weighted by Gasteiger charge is 2.05. The topological polar surface area (TPSA) is 63.8 Å². The van der Waals surface area contributed by atoms with Crippen molar-refractivity contribution in [1.29, 1.82) is 0 Å². The van der Waals surface area contributed by atoms with Gasteiger partial charge in [0.15, 0.2) is 5.82 Å². The third-order valence-electron chi connectivity index (χ3n) is 2.87. The Kier molecular flexibility index (Phi) is 3.47. The highest BCUT2D eigenvalue weighted by molar-refractivity contribution is 5.64. The number of benzene rings is 2. The van der Waals surface area contributed by atoms with Crippen molar-refractivity contribution in [3.05, 3.63) is 66.5 Å². The van der Waals surface area contributed by atoms with E-state index in [4.69, 9.17) is 5.73 Å². The average Bonchev–Trinajstić information content (AvgIpc) is 2.47. The van der Waals surface area contributed by atoms with Gasteiger partial charge in [0.1, 0.15) is 17.5 Å². The lowest BCUT2D eigenvalue weighted by molar-refractivity contribution is 0.628. The monoisotopic (exact) mass is 280 g/mol. The number of nitrogens with two attached hydrogens (primary N) is 1. The van der Waals surface area contributed by atoms with Gasteiger partial charge in [-0.05, 0) is 18.2 Å². The first-order chi connectivity index (χ1) is 10.2. The minimum Gasteiger partial charge on any atom is -0.384 e. The van der Waals surface area contributed by atoms with Crippen molar-refractivity contribution < 1.29 is 4.39 Å². The summed E-state index contributed by atoms with van der Waals surface area (Å²) in [6, 6.07) is 17.3. The summed E-state index contributed by atoms with van der Waals surface area (Å²) >= 11 is 0. The summed E-state index contributed by atoms with van der Waals surface area (Å²) in [6.45, 7) is 0. The average molecular weight is 280 g/mol. The summed E-state index contributed by atoms with van der Waals surface area (Å²) in [5, 5.41) is 3.02. The van der Waals surface area contributed by atoms with Crippen LogP contribution in [-0.2, 0) is 0 Å². The van der Waals surface area contributed by atoms with E-state index in [0.29, 0.717) is 23.1 Å². The molecule has 0 saturated heterocycles. The summed E-state index contributed by atoms with van der Waals surface area (Å²) in [5.74, 6) is 1.08. The van der Waals surface area contributed by atoms with E-state index in [2.05, 4.69) is 15.3 Å². The van der Waals surface area contributed by atoms with Crippen LogP contribution in [0.15, 0.2) is 60.7 Å². The SMILES string of the molecule is Nc1cc(Nc2cccc(F)c2)nc(-c2ccccc2)n1. The number of halogens is 1.